The van der Waals surface area contributed by atoms with Gasteiger partial charge >= 0.3 is 0 Å². The molecule has 2 aromatic rings. The van der Waals surface area contributed by atoms with Crippen LogP contribution in [-0.2, 0) is 11.2 Å². The summed E-state index contributed by atoms with van der Waals surface area (Å²) in [5.41, 5.74) is 7.88. The molecule has 5 nitrogen and oxygen atoms in total. The van der Waals surface area contributed by atoms with Gasteiger partial charge in [0.15, 0.2) is 0 Å². The van der Waals surface area contributed by atoms with E-state index >= 15 is 0 Å². The Morgan fingerprint density at radius 3 is 2.71 bits per heavy atom. The number of piperidine rings is 1. The largest absolute Gasteiger partial charge is 0.338 e. The Bertz CT molecular complexity index is 642. The van der Waals surface area contributed by atoms with Gasteiger partial charge in [0.1, 0.15) is 0 Å². The Morgan fingerprint density at radius 1 is 1.33 bits per heavy atom. The first-order chi connectivity index (χ1) is 11.2. The second-order valence-corrected chi connectivity index (χ2v) is 6.40. The predicted molar refractivity (Wildman–Crippen MR) is 97.5 cm³/mol. The third kappa shape index (κ3) is 4.16. The second-order valence-electron chi connectivity index (χ2n) is 6.40. The fourth-order valence-corrected chi connectivity index (χ4v) is 3.27. The average molecular weight is 349 g/mol. The van der Waals surface area contributed by atoms with E-state index in [0.29, 0.717) is 18.9 Å². The molecule has 0 aliphatic carbocycles. The van der Waals surface area contributed by atoms with Gasteiger partial charge in [-0.2, -0.15) is 5.10 Å². The number of halogens is 1. The molecule has 1 aromatic carbocycles. The molecular formula is C18H25ClN4O. The molecule has 2 atom stereocenters. The normalized spacial score (nSPS) is 20.5. The van der Waals surface area contributed by atoms with Gasteiger partial charge in [-0.1, -0.05) is 19.1 Å². The number of carbonyl (C=O) groups is 1. The summed E-state index contributed by atoms with van der Waals surface area (Å²) in [6.45, 7) is 3.61. The number of nitrogens with two attached hydrogens (primary N) is 1. The molecule has 0 radical (unpaired) electrons. The van der Waals surface area contributed by atoms with Gasteiger partial charge in [-0.05, 0) is 42.5 Å². The van der Waals surface area contributed by atoms with Crippen LogP contribution in [0.25, 0.3) is 5.69 Å². The molecule has 1 aliphatic rings. The summed E-state index contributed by atoms with van der Waals surface area (Å²) >= 11 is 0. The lowest BCUT2D eigenvalue weighted by Crippen LogP contribution is -2.49. The van der Waals surface area contributed by atoms with E-state index in [1.54, 1.807) is 6.20 Å². The minimum Gasteiger partial charge on any atom is -0.338 e. The van der Waals surface area contributed by atoms with Gasteiger partial charge < -0.3 is 10.6 Å². The summed E-state index contributed by atoms with van der Waals surface area (Å²) in [5.74, 6) is 0.833. The third-order valence-corrected chi connectivity index (χ3v) is 4.63. The number of hydrogen-bond acceptors (Lipinski definition) is 3. The molecule has 0 spiro atoms. The van der Waals surface area contributed by atoms with E-state index in [9.17, 15) is 4.79 Å². The lowest BCUT2D eigenvalue weighted by atomic mass is 9.92. The van der Waals surface area contributed by atoms with Crippen molar-refractivity contribution in [1.82, 2.24) is 14.7 Å². The Labute approximate surface area is 149 Å². The minimum atomic E-state index is 0. The van der Waals surface area contributed by atoms with E-state index in [4.69, 9.17) is 5.73 Å². The van der Waals surface area contributed by atoms with Gasteiger partial charge in [0.2, 0.25) is 5.91 Å². The number of likely N-dealkylation sites (tertiary alicyclic amines) is 1. The number of hydrogen-bond donors (Lipinski definition) is 1. The molecule has 130 valence electrons. The highest BCUT2D eigenvalue weighted by Crippen LogP contribution is 2.22. The van der Waals surface area contributed by atoms with Crippen LogP contribution in [0, 0.1) is 5.92 Å². The van der Waals surface area contributed by atoms with Crippen LogP contribution < -0.4 is 5.73 Å². The molecule has 24 heavy (non-hydrogen) atoms. The molecule has 0 bridgehead atoms. The maximum atomic E-state index is 12.6. The summed E-state index contributed by atoms with van der Waals surface area (Å²) in [6.07, 6.45) is 6.17. The molecule has 1 aromatic heterocycles. The lowest BCUT2D eigenvalue weighted by Gasteiger charge is -2.38. The molecule has 1 aliphatic heterocycles. The number of benzene rings is 1. The minimum absolute atomic E-state index is 0. The maximum absolute atomic E-state index is 12.6. The fraction of sp³-hybridized carbons (Fsp3) is 0.444. The van der Waals surface area contributed by atoms with E-state index in [-0.39, 0.29) is 24.4 Å². The van der Waals surface area contributed by atoms with E-state index in [2.05, 4.69) is 12.0 Å². The number of nitrogens with zero attached hydrogens (tertiary/aromatic N) is 3. The number of amides is 1. The van der Waals surface area contributed by atoms with Gasteiger partial charge in [-0.25, -0.2) is 4.68 Å². The van der Waals surface area contributed by atoms with Crippen LogP contribution in [0.3, 0.4) is 0 Å². The summed E-state index contributed by atoms with van der Waals surface area (Å²) in [7, 11) is 0. The van der Waals surface area contributed by atoms with Crippen molar-refractivity contribution in [1.29, 1.82) is 0 Å². The van der Waals surface area contributed by atoms with Crippen molar-refractivity contribution in [2.45, 2.75) is 32.2 Å². The molecule has 2 unspecified atom stereocenters. The average Bonchev–Trinajstić information content (AvgIpc) is 3.09. The van der Waals surface area contributed by atoms with Gasteiger partial charge in [0.05, 0.1) is 12.1 Å². The number of carbonyl (C=O) groups excluding carboxylic acids is 1. The predicted octanol–water partition coefficient (Wildman–Crippen LogP) is 2.42. The molecule has 0 saturated carbocycles. The van der Waals surface area contributed by atoms with E-state index in [1.165, 1.54) is 0 Å². The van der Waals surface area contributed by atoms with Crippen molar-refractivity contribution in [3.05, 3.63) is 48.3 Å². The van der Waals surface area contributed by atoms with Crippen molar-refractivity contribution in [3.8, 4) is 5.69 Å². The highest BCUT2D eigenvalue weighted by atomic mass is 35.5. The Balaban J connectivity index is 0.00000208. The molecule has 1 amide bonds. The van der Waals surface area contributed by atoms with Crippen LogP contribution in [0.2, 0.25) is 0 Å². The third-order valence-electron chi connectivity index (χ3n) is 4.63. The van der Waals surface area contributed by atoms with E-state index in [1.807, 2.05) is 46.1 Å². The standard InChI is InChI=1S/C18H24N4O.ClH/c1-14-7-10-21(17(11-14)13-19)18(23)12-15-3-5-16(6-4-15)22-9-2-8-20-22;/h2-6,8-9,14,17H,7,10-13,19H2,1H3;1H. The smallest absolute Gasteiger partial charge is 0.227 e. The van der Waals surface area contributed by atoms with Gasteiger partial charge in [0.25, 0.3) is 0 Å². The highest BCUT2D eigenvalue weighted by Gasteiger charge is 2.28. The van der Waals surface area contributed by atoms with Crippen LogP contribution in [0.4, 0.5) is 0 Å². The van der Waals surface area contributed by atoms with Crippen molar-refractivity contribution in [3.63, 3.8) is 0 Å². The van der Waals surface area contributed by atoms with Crippen LogP contribution in [-0.4, -0.2) is 39.7 Å². The summed E-state index contributed by atoms with van der Waals surface area (Å²) in [4.78, 5) is 14.6. The first-order valence-electron chi connectivity index (χ1n) is 8.26. The Kier molecular flexibility index (Phi) is 6.40. The van der Waals surface area contributed by atoms with E-state index in [0.717, 1.165) is 30.6 Å². The Hall–Kier alpha value is -1.85. The van der Waals surface area contributed by atoms with Crippen molar-refractivity contribution < 1.29 is 4.79 Å². The summed E-state index contributed by atoms with van der Waals surface area (Å²) in [5, 5.41) is 4.21. The zero-order valence-electron chi connectivity index (χ0n) is 14.0. The van der Waals surface area contributed by atoms with Crippen LogP contribution in [0.15, 0.2) is 42.7 Å². The second kappa shape index (κ2) is 8.31. The summed E-state index contributed by atoms with van der Waals surface area (Å²) in [6, 6.07) is 10.1. The highest BCUT2D eigenvalue weighted by molar-refractivity contribution is 5.85. The van der Waals surface area contributed by atoms with Gasteiger partial charge in [0, 0.05) is 31.5 Å². The zero-order chi connectivity index (χ0) is 16.2. The quantitative estimate of drug-likeness (QED) is 0.922. The van der Waals surface area contributed by atoms with E-state index < -0.39 is 0 Å². The van der Waals surface area contributed by atoms with Gasteiger partial charge in [-0.3, -0.25) is 4.79 Å². The molecule has 2 heterocycles. The first-order valence-corrected chi connectivity index (χ1v) is 8.26. The van der Waals surface area contributed by atoms with Gasteiger partial charge in [-0.15, -0.1) is 12.4 Å². The first kappa shape index (κ1) is 18.5. The molecule has 1 saturated heterocycles. The van der Waals surface area contributed by atoms with Crippen molar-refractivity contribution >= 4 is 18.3 Å². The van der Waals surface area contributed by atoms with Crippen molar-refractivity contribution in [2.24, 2.45) is 11.7 Å². The van der Waals surface area contributed by atoms with Crippen LogP contribution >= 0.6 is 12.4 Å². The molecule has 6 heteroatoms. The topological polar surface area (TPSA) is 64.2 Å². The number of rotatable bonds is 4. The molecule has 2 N–H and O–H groups in total. The SMILES string of the molecule is CC1CCN(C(=O)Cc2ccc(-n3cccn3)cc2)C(CN)C1.Cl. The lowest BCUT2D eigenvalue weighted by molar-refractivity contribution is -0.134. The molecule has 3 rings (SSSR count). The maximum Gasteiger partial charge on any atom is 0.227 e. The molecular weight excluding hydrogens is 324 g/mol. The van der Waals surface area contributed by atoms with Crippen molar-refractivity contribution in [2.75, 3.05) is 13.1 Å². The zero-order valence-corrected chi connectivity index (χ0v) is 14.8. The number of aromatic nitrogens is 2. The summed E-state index contributed by atoms with van der Waals surface area (Å²) < 4.78 is 1.81. The van der Waals surface area contributed by atoms with Crippen LogP contribution in [0.1, 0.15) is 25.3 Å². The Morgan fingerprint density at radius 2 is 2.08 bits per heavy atom. The van der Waals surface area contributed by atoms with Crippen LogP contribution in [0.5, 0.6) is 0 Å². The fourth-order valence-electron chi connectivity index (χ4n) is 3.27. The molecule has 1 fully saturated rings. The monoisotopic (exact) mass is 348 g/mol.